The number of rotatable bonds is 8. The molecule has 0 saturated carbocycles. The molecule has 0 saturated heterocycles. The van der Waals surface area contributed by atoms with Gasteiger partial charge >= 0.3 is 11.9 Å². The number of carbonyl (C=O) groups is 2. The summed E-state index contributed by atoms with van der Waals surface area (Å²) < 4.78 is 10.6. The SMILES string of the molecule is CCCC(CCC)(c1ccc(O)c(C)c1)c1ccc(OC(C)=O)c(OC(C)=O)c1. The second-order valence-corrected chi connectivity index (χ2v) is 7.43. The number of benzene rings is 2. The maximum absolute atomic E-state index is 11.6. The van der Waals surface area contributed by atoms with Gasteiger partial charge in [-0.05, 0) is 54.7 Å². The lowest BCUT2D eigenvalue weighted by molar-refractivity contribution is -0.134. The van der Waals surface area contributed by atoms with Gasteiger partial charge < -0.3 is 14.6 Å². The van der Waals surface area contributed by atoms with Crippen LogP contribution in [0.5, 0.6) is 17.2 Å². The predicted octanol–water partition coefficient (Wildman–Crippen LogP) is 5.44. The second-order valence-electron chi connectivity index (χ2n) is 7.43. The number of hydrogen-bond acceptors (Lipinski definition) is 5. The number of phenols is 1. The Bertz CT molecular complexity index is 879. The molecule has 0 amide bonds. The number of esters is 2. The van der Waals surface area contributed by atoms with Crippen molar-refractivity contribution in [1.29, 1.82) is 0 Å². The summed E-state index contributed by atoms with van der Waals surface area (Å²) in [4.78, 5) is 23.1. The third kappa shape index (κ3) is 5.17. The summed E-state index contributed by atoms with van der Waals surface area (Å²) in [5.41, 5.74) is 2.59. The molecule has 0 aliphatic heterocycles. The molecule has 0 fully saturated rings. The van der Waals surface area contributed by atoms with Gasteiger partial charge in [-0.3, -0.25) is 9.59 Å². The molecular weight excluding hydrogens is 368 g/mol. The van der Waals surface area contributed by atoms with E-state index in [9.17, 15) is 14.7 Å². The molecule has 0 aliphatic carbocycles. The van der Waals surface area contributed by atoms with Gasteiger partial charge in [0.2, 0.25) is 0 Å². The molecule has 156 valence electrons. The maximum atomic E-state index is 11.6. The lowest BCUT2D eigenvalue weighted by Crippen LogP contribution is -2.28. The topological polar surface area (TPSA) is 72.8 Å². The van der Waals surface area contributed by atoms with Crippen molar-refractivity contribution in [2.45, 2.75) is 65.7 Å². The zero-order chi connectivity index (χ0) is 21.6. The van der Waals surface area contributed by atoms with Crippen LogP contribution in [0.15, 0.2) is 36.4 Å². The molecule has 0 unspecified atom stereocenters. The third-order valence-corrected chi connectivity index (χ3v) is 5.11. The number of aryl methyl sites for hydroxylation is 1. The zero-order valence-corrected chi connectivity index (χ0v) is 17.9. The number of hydrogen-bond donors (Lipinski definition) is 1. The van der Waals surface area contributed by atoms with Crippen LogP contribution in [0.25, 0.3) is 0 Å². The molecule has 0 radical (unpaired) electrons. The third-order valence-electron chi connectivity index (χ3n) is 5.11. The lowest BCUT2D eigenvalue weighted by atomic mass is 9.68. The van der Waals surface area contributed by atoms with Crippen LogP contribution in [0.1, 0.15) is 70.1 Å². The van der Waals surface area contributed by atoms with Crippen LogP contribution in [-0.4, -0.2) is 17.0 Å². The summed E-state index contributed by atoms with van der Waals surface area (Å²) in [5, 5.41) is 10.00. The summed E-state index contributed by atoms with van der Waals surface area (Å²) in [6.07, 6.45) is 3.68. The van der Waals surface area contributed by atoms with Gasteiger partial charge in [0.15, 0.2) is 11.5 Å². The summed E-state index contributed by atoms with van der Waals surface area (Å²) in [7, 11) is 0. The van der Waals surface area contributed by atoms with Gasteiger partial charge in [-0.2, -0.15) is 0 Å². The molecule has 0 atom stereocenters. The number of carbonyl (C=O) groups excluding carboxylic acids is 2. The Labute approximate surface area is 172 Å². The van der Waals surface area contributed by atoms with E-state index in [2.05, 4.69) is 13.8 Å². The van der Waals surface area contributed by atoms with Crippen LogP contribution < -0.4 is 9.47 Å². The van der Waals surface area contributed by atoms with Crippen molar-refractivity contribution < 1.29 is 24.2 Å². The highest BCUT2D eigenvalue weighted by atomic mass is 16.6. The van der Waals surface area contributed by atoms with E-state index in [-0.39, 0.29) is 22.7 Å². The number of aromatic hydroxyl groups is 1. The molecule has 2 rings (SSSR count). The van der Waals surface area contributed by atoms with Gasteiger partial charge in [0.25, 0.3) is 0 Å². The van der Waals surface area contributed by atoms with Gasteiger partial charge in [-0.25, -0.2) is 0 Å². The van der Waals surface area contributed by atoms with E-state index in [1.165, 1.54) is 13.8 Å². The Morgan fingerprint density at radius 2 is 1.38 bits per heavy atom. The molecule has 0 heterocycles. The van der Waals surface area contributed by atoms with Crippen molar-refractivity contribution in [2.75, 3.05) is 0 Å². The summed E-state index contributed by atoms with van der Waals surface area (Å²) in [6.45, 7) is 8.79. The van der Waals surface area contributed by atoms with Gasteiger partial charge in [0.1, 0.15) is 5.75 Å². The Morgan fingerprint density at radius 1 is 0.862 bits per heavy atom. The normalized spacial score (nSPS) is 11.2. The van der Waals surface area contributed by atoms with Crippen molar-refractivity contribution in [3.8, 4) is 17.2 Å². The molecule has 0 aromatic heterocycles. The first kappa shape index (κ1) is 22.5. The molecule has 0 spiro atoms. The fraction of sp³-hybridized carbons (Fsp3) is 0.417. The quantitative estimate of drug-likeness (QED) is 0.474. The van der Waals surface area contributed by atoms with E-state index in [1.807, 2.05) is 25.1 Å². The van der Waals surface area contributed by atoms with Crippen molar-refractivity contribution in [3.05, 3.63) is 53.1 Å². The second kappa shape index (κ2) is 9.59. The number of phenolic OH excluding ortho intramolecular Hbond substituents is 1. The van der Waals surface area contributed by atoms with Crippen molar-refractivity contribution in [3.63, 3.8) is 0 Å². The van der Waals surface area contributed by atoms with E-state index >= 15 is 0 Å². The molecule has 0 bridgehead atoms. The summed E-state index contributed by atoms with van der Waals surface area (Å²) >= 11 is 0. The van der Waals surface area contributed by atoms with Gasteiger partial charge in [0.05, 0.1) is 0 Å². The van der Waals surface area contributed by atoms with Gasteiger partial charge in [-0.1, -0.05) is 44.9 Å². The van der Waals surface area contributed by atoms with E-state index < -0.39 is 11.9 Å². The molecule has 2 aromatic rings. The smallest absolute Gasteiger partial charge is 0.308 e. The molecule has 1 N–H and O–H groups in total. The Kier molecular flexibility index (Phi) is 7.43. The zero-order valence-electron chi connectivity index (χ0n) is 17.9. The van der Waals surface area contributed by atoms with E-state index in [0.717, 1.165) is 42.4 Å². The Hall–Kier alpha value is -2.82. The Morgan fingerprint density at radius 3 is 1.90 bits per heavy atom. The van der Waals surface area contributed by atoms with Crippen LogP contribution in [0, 0.1) is 6.92 Å². The molecule has 29 heavy (non-hydrogen) atoms. The summed E-state index contributed by atoms with van der Waals surface area (Å²) in [5.74, 6) is -0.236. The van der Waals surface area contributed by atoms with Crippen LogP contribution >= 0.6 is 0 Å². The maximum Gasteiger partial charge on any atom is 0.308 e. The highest BCUT2D eigenvalue weighted by Gasteiger charge is 2.34. The van der Waals surface area contributed by atoms with Crippen LogP contribution in [0.4, 0.5) is 0 Å². The predicted molar refractivity (Wildman–Crippen MR) is 112 cm³/mol. The first-order chi connectivity index (χ1) is 13.7. The molecular formula is C24H30O5. The minimum atomic E-state index is -0.479. The van der Waals surface area contributed by atoms with Crippen molar-refractivity contribution in [1.82, 2.24) is 0 Å². The fourth-order valence-corrected chi connectivity index (χ4v) is 3.96. The number of ether oxygens (including phenoxy) is 2. The van der Waals surface area contributed by atoms with Crippen molar-refractivity contribution >= 4 is 11.9 Å². The monoisotopic (exact) mass is 398 g/mol. The van der Waals surface area contributed by atoms with E-state index in [1.54, 1.807) is 18.2 Å². The highest BCUT2D eigenvalue weighted by molar-refractivity contribution is 5.74. The molecule has 5 heteroatoms. The molecule has 0 aliphatic rings. The molecule has 2 aromatic carbocycles. The van der Waals surface area contributed by atoms with Crippen LogP contribution in [0.3, 0.4) is 0 Å². The largest absolute Gasteiger partial charge is 0.508 e. The summed E-state index contributed by atoms with van der Waals surface area (Å²) in [6, 6.07) is 11.1. The van der Waals surface area contributed by atoms with Gasteiger partial charge in [-0.15, -0.1) is 0 Å². The van der Waals surface area contributed by atoms with Crippen LogP contribution in [0.2, 0.25) is 0 Å². The van der Waals surface area contributed by atoms with E-state index in [4.69, 9.17) is 9.47 Å². The first-order valence-corrected chi connectivity index (χ1v) is 10.0. The molecule has 5 nitrogen and oxygen atoms in total. The van der Waals surface area contributed by atoms with Crippen molar-refractivity contribution in [2.24, 2.45) is 0 Å². The van der Waals surface area contributed by atoms with Gasteiger partial charge in [0, 0.05) is 19.3 Å². The lowest BCUT2D eigenvalue weighted by Gasteiger charge is -2.36. The first-order valence-electron chi connectivity index (χ1n) is 10.0. The fourth-order valence-electron chi connectivity index (χ4n) is 3.96. The minimum absolute atomic E-state index is 0.222. The minimum Gasteiger partial charge on any atom is -0.508 e. The Balaban J connectivity index is 2.70. The average molecular weight is 398 g/mol. The highest BCUT2D eigenvalue weighted by Crippen LogP contribution is 2.44. The van der Waals surface area contributed by atoms with E-state index in [0.29, 0.717) is 0 Å². The standard InChI is InChI=1S/C24H30O5/c1-6-12-24(13-7-2,19-8-10-21(27)16(3)14-19)20-9-11-22(28-17(4)25)23(15-20)29-18(5)26/h8-11,14-15,27H,6-7,12-13H2,1-5H3. The van der Waals surface area contributed by atoms with Crippen LogP contribution in [-0.2, 0) is 15.0 Å². The average Bonchev–Trinajstić information content (AvgIpc) is 2.64.